The molecule has 0 aliphatic rings. The molecule has 0 bridgehead atoms. The van der Waals surface area contributed by atoms with Crippen LogP contribution in [-0.4, -0.2) is 18.6 Å². The van der Waals surface area contributed by atoms with Gasteiger partial charge in [-0.15, -0.1) is 0 Å². The van der Waals surface area contributed by atoms with E-state index in [4.69, 9.17) is 10.5 Å². The molecule has 0 rings (SSSR count). The van der Waals surface area contributed by atoms with Crippen LogP contribution < -0.4 is 5.73 Å². The van der Waals surface area contributed by atoms with E-state index >= 15 is 0 Å². The van der Waals surface area contributed by atoms with Crippen LogP contribution in [0.2, 0.25) is 0 Å². The highest BCUT2D eigenvalue weighted by atomic mass is 16.5. The highest BCUT2D eigenvalue weighted by molar-refractivity contribution is 5.71. The summed E-state index contributed by atoms with van der Waals surface area (Å²) in [5, 5.41) is 0. The summed E-state index contributed by atoms with van der Waals surface area (Å²) in [5.74, 6) is 0.112. The van der Waals surface area contributed by atoms with Crippen LogP contribution in [0.25, 0.3) is 0 Å². The minimum Gasteiger partial charge on any atom is -0.464 e. The van der Waals surface area contributed by atoms with Crippen LogP contribution in [0, 0.1) is 11.8 Å². The third-order valence-electron chi connectivity index (χ3n) is 1.75. The highest BCUT2D eigenvalue weighted by Crippen LogP contribution is 2.01. The molecule has 2 N–H and O–H groups in total. The van der Waals surface area contributed by atoms with Gasteiger partial charge in [-0.2, -0.15) is 0 Å². The summed E-state index contributed by atoms with van der Waals surface area (Å²) in [5.41, 5.74) is 5.69. The zero-order valence-electron chi connectivity index (χ0n) is 8.33. The Morgan fingerprint density at radius 2 is 1.83 bits per heavy atom. The fourth-order valence-electron chi connectivity index (χ4n) is 0.537. The molecule has 0 saturated carbocycles. The highest BCUT2D eigenvalue weighted by Gasteiger charge is 2.12. The van der Waals surface area contributed by atoms with Crippen LogP contribution in [0.5, 0.6) is 0 Å². The van der Waals surface area contributed by atoms with Crippen molar-refractivity contribution in [3.63, 3.8) is 0 Å². The molecule has 0 aromatic heterocycles. The number of rotatable bonds is 4. The average Bonchev–Trinajstić information content (AvgIpc) is 1.98. The summed E-state index contributed by atoms with van der Waals surface area (Å²) < 4.78 is 4.96. The van der Waals surface area contributed by atoms with Crippen LogP contribution in [0.3, 0.4) is 0 Å². The molecular weight excluding hydrogens is 154 g/mol. The predicted octanol–water partition coefficient (Wildman–Crippen LogP) is 1.17. The first kappa shape index (κ1) is 11.4. The summed E-state index contributed by atoms with van der Waals surface area (Å²) >= 11 is 0. The molecule has 0 fully saturated rings. The van der Waals surface area contributed by atoms with Gasteiger partial charge in [0.1, 0.15) is 6.61 Å². The molecule has 0 aromatic carbocycles. The maximum absolute atomic E-state index is 11.0. The predicted molar refractivity (Wildman–Crippen MR) is 48.6 cm³/mol. The molecule has 0 amide bonds. The standard InChI is InChI=1S/C9H19NO2/c1-6(2)8(10)5-12-9(11)7(3)4/h6-8H,5,10H2,1-4H3/t8-/m1/s1. The van der Waals surface area contributed by atoms with Crippen LogP contribution in [0.4, 0.5) is 0 Å². The lowest BCUT2D eigenvalue weighted by Crippen LogP contribution is -2.33. The molecule has 0 unspecified atom stereocenters. The number of nitrogens with two attached hydrogens (primary N) is 1. The lowest BCUT2D eigenvalue weighted by Gasteiger charge is -2.16. The second-order valence-electron chi connectivity index (χ2n) is 3.69. The van der Waals surface area contributed by atoms with E-state index in [1.807, 2.05) is 27.7 Å². The van der Waals surface area contributed by atoms with E-state index < -0.39 is 0 Å². The molecule has 0 heterocycles. The Labute approximate surface area is 74.3 Å². The van der Waals surface area contributed by atoms with Gasteiger partial charge < -0.3 is 10.5 Å². The Morgan fingerprint density at radius 1 is 1.33 bits per heavy atom. The van der Waals surface area contributed by atoms with Crippen molar-refractivity contribution in [3.8, 4) is 0 Å². The van der Waals surface area contributed by atoms with Crippen LogP contribution >= 0.6 is 0 Å². The molecule has 3 nitrogen and oxygen atoms in total. The van der Waals surface area contributed by atoms with E-state index in [9.17, 15) is 4.79 Å². The molecule has 0 aliphatic heterocycles. The first-order valence-corrected chi connectivity index (χ1v) is 4.37. The largest absolute Gasteiger partial charge is 0.464 e. The normalized spacial score (nSPS) is 13.6. The fraction of sp³-hybridized carbons (Fsp3) is 0.889. The van der Waals surface area contributed by atoms with Crippen LogP contribution in [0.1, 0.15) is 27.7 Å². The van der Waals surface area contributed by atoms with Crippen molar-refractivity contribution in [2.45, 2.75) is 33.7 Å². The van der Waals surface area contributed by atoms with Crippen molar-refractivity contribution in [1.82, 2.24) is 0 Å². The molecule has 0 radical (unpaired) electrons. The number of hydrogen-bond donors (Lipinski definition) is 1. The molecule has 0 aromatic rings. The monoisotopic (exact) mass is 173 g/mol. The molecule has 0 saturated heterocycles. The Bertz CT molecular complexity index is 143. The van der Waals surface area contributed by atoms with Crippen LogP contribution in [-0.2, 0) is 9.53 Å². The van der Waals surface area contributed by atoms with Gasteiger partial charge in [-0.3, -0.25) is 4.79 Å². The van der Waals surface area contributed by atoms with Crippen molar-refractivity contribution in [2.75, 3.05) is 6.61 Å². The maximum Gasteiger partial charge on any atom is 0.308 e. The van der Waals surface area contributed by atoms with E-state index in [1.54, 1.807) is 0 Å². The minimum absolute atomic E-state index is 0.0484. The molecule has 3 heteroatoms. The Kier molecular flexibility index (Phi) is 4.90. The fourth-order valence-corrected chi connectivity index (χ4v) is 0.537. The van der Waals surface area contributed by atoms with E-state index in [0.717, 1.165) is 0 Å². The van der Waals surface area contributed by atoms with Gasteiger partial charge in [-0.25, -0.2) is 0 Å². The second-order valence-corrected chi connectivity index (χ2v) is 3.69. The smallest absolute Gasteiger partial charge is 0.308 e. The summed E-state index contributed by atoms with van der Waals surface area (Å²) in [6, 6.07) is -0.0484. The van der Waals surface area contributed by atoms with E-state index in [0.29, 0.717) is 12.5 Å². The van der Waals surface area contributed by atoms with Gasteiger partial charge in [0.05, 0.1) is 5.92 Å². The second kappa shape index (κ2) is 5.14. The molecule has 72 valence electrons. The lowest BCUT2D eigenvalue weighted by atomic mass is 10.1. The van der Waals surface area contributed by atoms with Gasteiger partial charge in [0.15, 0.2) is 0 Å². The quantitative estimate of drug-likeness (QED) is 0.649. The Balaban J connectivity index is 3.61. The molecule has 0 spiro atoms. The number of carbonyl (C=O) groups is 1. The molecule has 12 heavy (non-hydrogen) atoms. The first-order chi connectivity index (χ1) is 5.45. The summed E-state index contributed by atoms with van der Waals surface area (Å²) in [4.78, 5) is 11.0. The lowest BCUT2D eigenvalue weighted by molar-refractivity contribution is -0.148. The van der Waals surface area contributed by atoms with Gasteiger partial charge in [0.25, 0.3) is 0 Å². The summed E-state index contributed by atoms with van der Waals surface area (Å²) in [6.07, 6.45) is 0. The zero-order chi connectivity index (χ0) is 9.72. The van der Waals surface area contributed by atoms with Crippen molar-refractivity contribution in [3.05, 3.63) is 0 Å². The van der Waals surface area contributed by atoms with Gasteiger partial charge in [0.2, 0.25) is 0 Å². The van der Waals surface area contributed by atoms with Gasteiger partial charge in [0, 0.05) is 6.04 Å². The minimum atomic E-state index is -0.175. The summed E-state index contributed by atoms with van der Waals surface area (Å²) in [6.45, 7) is 7.96. The number of carbonyl (C=O) groups excluding carboxylic acids is 1. The van der Waals surface area contributed by atoms with E-state index in [1.165, 1.54) is 0 Å². The summed E-state index contributed by atoms with van der Waals surface area (Å²) in [7, 11) is 0. The van der Waals surface area contributed by atoms with Crippen molar-refractivity contribution < 1.29 is 9.53 Å². The topological polar surface area (TPSA) is 52.3 Å². The van der Waals surface area contributed by atoms with Crippen molar-refractivity contribution in [1.29, 1.82) is 0 Å². The molecule has 0 aliphatic carbocycles. The average molecular weight is 173 g/mol. The molecular formula is C9H19NO2. The SMILES string of the molecule is CC(C)C(=O)OC[C@@H](N)C(C)C. The molecule has 1 atom stereocenters. The van der Waals surface area contributed by atoms with Gasteiger partial charge in [-0.1, -0.05) is 27.7 Å². The zero-order valence-corrected chi connectivity index (χ0v) is 8.33. The van der Waals surface area contributed by atoms with Gasteiger partial charge in [-0.05, 0) is 5.92 Å². The number of esters is 1. The Morgan fingerprint density at radius 3 is 2.17 bits per heavy atom. The maximum atomic E-state index is 11.0. The van der Waals surface area contributed by atoms with E-state index in [-0.39, 0.29) is 17.9 Å². The van der Waals surface area contributed by atoms with E-state index in [2.05, 4.69) is 0 Å². The van der Waals surface area contributed by atoms with Gasteiger partial charge >= 0.3 is 5.97 Å². The first-order valence-electron chi connectivity index (χ1n) is 4.37. The third-order valence-corrected chi connectivity index (χ3v) is 1.75. The Hall–Kier alpha value is -0.570. The van der Waals surface area contributed by atoms with Crippen molar-refractivity contribution >= 4 is 5.97 Å². The number of ether oxygens (including phenoxy) is 1. The number of hydrogen-bond acceptors (Lipinski definition) is 3. The third kappa shape index (κ3) is 4.34. The van der Waals surface area contributed by atoms with Crippen molar-refractivity contribution in [2.24, 2.45) is 17.6 Å². The van der Waals surface area contributed by atoms with Crippen LogP contribution in [0.15, 0.2) is 0 Å².